The average Bonchev–Trinajstić information content (AvgIpc) is 3.85. The molecule has 3 nitrogen and oxygen atoms in total. The smallest absolute Gasteiger partial charge is 0.135 e. The summed E-state index contributed by atoms with van der Waals surface area (Å²) in [7, 11) is 0. The molecule has 3 heteroatoms. The van der Waals surface area contributed by atoms with Crippen LogP contribution < -0.4 is 4.90 Å². The standard InChI is InChI=1S/C54H35NO2/c1-2-10-36(11-3-1)39-12-8-13-40(32-39)41-14-9-15-46(33-41)55(44-26-20-37(21-27-44)42-24-30-53-49(34-42)47-16-4-6-18-51(47)56-53)45-28-22-38(23-29-45)43-25-31-54-50(35-43)48-17-5-7-19-52(48)57-54/h1-35H. The first-order valence-electron chi connectivity index (χ1n) is 19.3. The number of benzene rings is 9. The van der Waals surface area contributed by atoms with Crippen molar-refractivity contribution in [2.45, 2.75) is 0 Å². The van der Waals surface area contributed by atoms with Crippen LogP contribution in [-0.4, -0.2) is 0 Å². The molecule has 0 atom stereocenters. The Kier molecular flexibility index (Phi) is 7.82. The van der Waals surface area contributed by atoms with E-state index in [-0.39, 0.29) is 0 Å². The summed E-state index contributed by atoms with van der Waals surface area (Å²) >= 11 is 0. The van der Waals surface area contributed by atoms with E-state index in [1.165, 1.54) is 16.7 Å². The van der Waals surface area contributed by atoms with Gasteiger partial charge in [-0.25, -0.2) is 0 Å². The molecule has 0 bridgehead atoms. The van der Waals surface area contributed by atoms with Gasteiger partial charge < -0.3 is 13.7 Å². The van der Waals surface area contributed by atoms with Crippen LogP contribution in [0.2, 0.25) is 0 Å². The maximum Gasteiger partial charge on any atom is 0.135 e. The van der Waals surface area contributed by atoms with Crippen molar-refractivity contribution >= 4 is 60.9 Å². The van der Waals surface area contributed by atoms with Crippen LogP contribution in [0, 0.1) is 0 Å². The van der Waals surface area contributed by atoms with E-state index in [2.05, 4.69) is 193 Å². The first kappa shape index (κ1) is 32.8. The third kappa shape index (κ3) is 5.94. The van der Waals surface area contributed by atoms with E-state index in [0.717, 1.165) is 88.8 Å². The van der Waals surface area contributed by atoms with E-state index < -0.39 is 0 Å². The zero-order valence-electron chi connectivity index (χ0n) is 31.0. The molecule has 0 aliphatic rings. The van der Waals surface area contributed by atoms with Crippen molar-refractivity contribution in [3.05, 3.63) is 212 Å². The molecule has 9 aromatic carbocycles. The van der Waals surface area contributed by atoms with Gasteiger partial charge in [-0.15, -0.1) is 0 Å². The fourth-order valence-electron chi connectivity index (χ4n) is 8.20. The number of para-hydroxylation sites is 2. The molecule has 0 saturated carbocycles. The van der Waals surface area contributed by atoms with Crippen molar-refractivity contribution < 1.29 is 8.83 Å². The van der Waals surface area contributed by atoms with Gasteiger partial charge in [-0.3, -0.25) is 0 Å². The van der Waals surface area contributed by atoms with Gasteiger partial charge in [-0.2, -0.15) is 0 Å². The number of hydrogen-bond acceptors (Lipinski definition) is 3. The Bertz CT molecular complexity index is 3070. The summed E-state index contributed by atoms with van der Waals surface area (Å²) in [6.07, 6.45) is 0. The zero-order chi connectivity index (χ0) is 37.7. The van der Waals surface area contributed by atoms with Crippen LogP contribution >= 0.6 is 0 Å². The lowest BCUT2D eigenvalue weighted by molar-refractivity contribution is 0.668. The van der Waals surface area contributed by atoms with E-state index in [9.17, 15) is 0 Å². The monoisotopic (exact) mass is 729 g/mol. The van der Waals surface area contributed by atoms with Crippen LogP contribution in [-0.2, 0) is 0 Å². The predicted molar refractivity (Wildman–Crippen MR) is 237 cm³/mol. The molecule has 2 heterocycles. The summed E-state index contributed by atoms with van der Waals surface area (Å²) < 4.78 is 12.2. The Labute approximate surface area is 330 Å². The van der Waals surface area contributed by atoms with Crippen LogP contribution in [0.5, 0.6) is 0 Å². The molecule has 0 N–H and O–H groups in total. The SMILES string of the molecule is c1ccc(-c2cccc(-c3cccc(N(c4ccc(-c5ccc6oc7ccccc7c6c5)cc4)c4ccc(-c5ccc6oc7ccccc7c6c5)cc4)c3)c2)cc1. The largest absolute Gasteiger partial charge is 0.456 e. The summed E-state index contributed by atoms with van der Waals surface area (Å²) in [6.45, 7) is 0. The lowest BCUT2D eigenvalue weighted by Crippen LogP contribution is -2.10. The summed E-state index contributed by atoms with van der Waals surface area (Å²) in [4.78, 5) is 2.34. The second kappa shape index (κ2) is 13.6. The number of furan rings is 2. The van der Waals surface area contributed by atoms with Crippen LogP contribution in [0.1, 0.15) is 0 Å². The minimum Gasteiger partial charge on any atom is -0.456 e. The molecular formula is C54H35NO2. The Morgan fingerprint density at radius 2 is 0.614 bits per heavy atom. The maximum atomic E-state index is 6.12. The molecular weight excluding hydrogens is 695 g/mol. The Hall–Kier alpha value is -7.62. The van der Waals surface area contributed by atoms with Gasteiger partial charge in [0.1, 0.15) is 22.3 Å². The molecule has 11 rings (SSSR count). The minimum atomic E-state index is 0.901. The highest BCUT2D eigenvalue weighted by Gasteiger charge is 2.16. The van der Waals surface area contributed by atoms with Gasteiger partial charge >= 0.3 is 0 Å². The molecule has 0 aliphatic heterocycles. The molecule has 0 amide bonds. The molecule has 2 aromatic heterocycles. The maximum absolute atomic E-state index is 6.12. The van der Waals surface area contributed by atoms with E-state index in [1.54, 1.807) is 0 Å². The second-order valence-electron chi connectivity index (χ2n) is 14.5. The first-order chi connectivity index (χ1) is 28.2. The molecule has 57 heavy (non-hydrogen) atoms. The summed E-state index contributed by atoms with van der Waals surface area (Å²) in [5.41, 5.74) is 16.2. The third-order valence-corrected chi connectivity index (χ3v) is 11.1. The van der Waals surface area contributed by atoms with Crippen LogP contribution in [0.3, 0.4) is 0 Å². The molecule has 268 valence electrons. The molecule has 0 radical (unpaired) electrons. The van der Waals surface area contributed by atoms with E-state index in [4.69, 9.17) is 8.83 Å². The average molecular weight is 730 g/mol. The van der Waals surface area contributed by atoms with Crippen LogP contribution in [0.4, 0.5) is 17.1 Å². The van der Waals surface area contributed by atoms with Crippen molar-refractivity contribution in [1.82, 2.24) is 0 Å². The van der Waals surface area contributed by atoms with Crippen molar-refractivity contribution in [2.75, 3.05) is 4.90 Å². The van der Waals surface area contributed by atoms with E-state index >= 15 is 0 Å². The lowest BCUT2D eigenvalue weighted by Gasteiger charge is -2.26. The van der Waals surface area contributed by atoms with Gasteiger partial charge in [0.15, 0.2) is 0 Å². The normalized spacial score (nSPS) is 11.5. The molecule has 0 unspecified atom stereocenters. The molecule has 0 saturated heterocycles. The lowest BCUT2D eigenvalue weighted by atomic mass is 9.98. The summed E-state index contributed by atoms with van der Waals surface area (Å²) in [6, 6.07) is 75.4. The highest BCUT2D eigenvalue weighted by Crippen LogP contribution is 2.40. The van der Waals surface area contributed by atoms with Crippen LogP contribution in [0.15, 0.2) is 221 Å². The topological polar surface area (TPSA) is 29.5 Å². The van der Waals surface area contributed by atoms with Crippen molar-refractivity contribution in [3.8, 4) is 44.5 Å². The quantitative estimate of drug-likeness (QED) is 0.164. The molecule has 0 aliphatic carbocycles. The Balaban J connectivity index is 0.987. The number of hydrogen-bond donors (Lipinski definition) is 0. The van der Waals surface area contributed by atoms with Crippen LogP contribution in [0.25, 0.3) is 88.4 Å². The van der Waals surface area contributed by atoms with E-state index in [0.29, 0.717) is 0 Å². The predicted octanol–water partition coefficient (Wildman–Crippen LogP) is 15.6. The Morgan fingerprint density at radius 3 is 1.18 bits per heavy atom. The van der Waals surface area contributed by atoms with Gasteiger partial charge in [-0.05, 0) is 123 Å². The highest BCUT2D eigenvalue weighted by molar-refractivity contribution is 6.07. The second-order valence-corrected chi connectivity index (χ2v) is 14.5. The van der Waals surface area contributed by atoms with Crippen molar-refractivity contribution in [3.63, 3.8) is 0 Å². The Morgan fingerprint density at radius 1 is 0.228 bits per heavy atom. The fourth-order valence-corrected chi connectivity index (χ4v) is 8.20. The summed E-state index contributed by atoms with van der Waals surface area (Å²) in [5, 5.41) is 4.52. The van der Waals surface area contributed by atoms with Gasteiger partial charge in [0.05, 0.1) is 0 Å². The minimum absolute atomic E-state index is 0.901. The number of fused-ring (bicyclic) bond motifs is 6. The zero-order valence-corrected chi connectivity index (χ0v) is 31.0. The number of nitrogens with zero attached hydrogens (tertiary/aromatic N) is 1. The van der Waals surface area contributed by atoms with Gasteiger partial charge in [0.2, 0.25) is 0 Å². The molecule has 11 aromatic rings. The highest BCUT2D eigenvalue weighted by atomic mass is 16.3. The van der Waals surface area contributed by atoms with Gasteiger partial charge in [0, 0.05) is 38.6 Å². The molecule has 0 fully saturated rings. The van der Waals surface area contributed by atoms with Crippen molar-refractivity contribution in [2.24, 2.45) is 0 Å². The summed E-state index contributed by atoms with van der Waals surface area (Å²) in [5.74, 6) is 0. The fraction of sp³-hybridized carbons (Fsp3) is 0. The third-order valence-electron chi connectivity index (χ3n) is 11.1. The number of anilines is 3. The molecule has 0 spiro atoms. The van der Waals surface area contributed by atoms with Gasteiger partial charge in [-0.1, -0.05) is 133 Å². The number of rotatable bonds is 7. The van der Waals surface area contributed by atoms with Crippen molar-refractivity contribution in [1.29, 1.82) is 0 Å². The first-order valence-corrected chi connectivity index (χ1v) is 19.3. The van der Waals surface area contributed by atoms with E-state index in [1.807, 2.05) is 24.3 Å². The van der Waals surface area contributed by atoms with Gasteiger partial charge in [0.25, 0.3) is 0 Å².